The summed E-state index contributed by atoms with van der Waals surface area (Å²) in [6, 6.07) is 11.9. The van der Waals surface area contributed by atoms with Crippen molar-refractivity contribution in [2.45, 2.75) is 26.3 Å². The van der Waals surface area contributed by atoms with Crippen LogP contribution in [0.2, 0.25) is 5.02 Å². The molecule has 0 unspecified atom stereocenters. The average molecular weight is 371 g/mol. The first kappa shape index (κ1) is 17.6. The van der Waals surface area contributed by atoms with Crippen molar-refractivity contribution >= 4 is 28.8 Å². The van der Waals surface area contributed by atoms with Crippen LogP contribution in [0.3, 0.4) is 0 Å². The van der Waals surface area contributed by atoms with E-state index in [-0.39, 0.29) is 5.91 Å². The first-order chi connectivity index (χ1) is 12.1. The topological polar surface area (TPSA) is 42.0 Å². The molecule has 0 fully saturated rings. The number of benzene rings is 1. The maximum Gasteiger partial charge on any atom is 0.220 e. The first-order valence-electron chi connectivity index (χ1n) is 8.11. The summed E-state index contributed by atoms with van der Waals surface area (Å²) in [5.41, 5.74) is 5.26. The highest BCUT2D eigenvalue weighted by Crippen LogP contribution is 2.20. The number of thiophene rings is 1. The number of carbonyl (C=O) groups excluding carboxylic acids is 1. The van der Waals surface area contributed by atoms with Crippen LogP contribution >= 0.6 is 22.9 Å². The van der Waals surface area contributed by atoms with Crippen molar-refractivity contribution in [2.24, 2.45) is 0 Å². The summed E-state index contributed by atoms with van der Waals surface area (Å²) in [6.45, 7) is 2.48. The fourth-order valence-electron chi connectivity index (χ4n) is 2.56. The van der Waals surface area contributed by atoms with Gasteiger partial charge in [0, 0.05) is 35.1 Å². The normalized spacial score (nSPS) is 10.6. The fourth-order valence-corrected chi connectivity index (χ4v) is 3.33. The van der Waals surface area contributed by atoms with Gasteiger partial charge < -0.3 is 5.32 Å². The van der Waals surface area contributed by atoms with Gasteiger partial charge in [0.2, 0.25) is 5.91 Å². The summed E-state index contributed by atoms with van der Waals surface area (Å²) < 4.78 is 0. The third kappa shape index (κ3) is 4.91. The highest BCUT2D eigenvalue weighted by molar-refractivity contribution is 7.08. The van der Waals surface area contributed by atoms with Crippen LogP contribution in [0.4, 0.5) is 0 Å². The number of pyridine rings is 1. The zero-order valence-corrected chi connectivity index (χ0v) is 15.5. The number of hydrogen-bond acceptors (Lipinski definition) is 3. The second-order valence-corrected chi connectivity index (χ2v) is 7.11. The molecule has 128 valence electrons. The van der Waals surface area contributed by atoms with Gasteiger partial charge in [0.1, 0.15) is 0 Å². The lowest BCUT2D eigenvalue weighted by Gasteiger charge is -2.07. The van der Waals surface area contributed by atoms with Gasteiger partial charge in [-0.05, 0) is 59.7 Å². The van der Waals surface area contributed by atoms with Gasteiger partial charge in [-0.3, -0.25) is 9.78 Å². The Labute approximate surface area is 156 Å². The molecule has 0 saturated carbocycles. The van der Waals surface area contributed by atoms with Gasteiger partial charge in [-0.25, -0.2) is 0 Å². The summed E-state index contributed by atoms with van der Waals surface area (Å²) in [4.78, 5) is 16.5. The molecule has 0 spiro atoms. The molecule has 1 aromatic carbocycles. The van der Waals surface area contributed by atoms with Crippen molar-refractivity contribution in [3.8, 4) is 11.3 Å². The van der Waals surface area contributed by atoms with Crippen molar-refractivity contribution in [3.63, 3.8) is 0 Å². The van der Waals surface area contributed by atoms with Gasteiger partial charge in [0.25, 0.3) is 0 Å². The van der Waals surface area contributed by atoms with Gasteiger partial charge >= 0.3 is 0 Å². The molecule has 25 heavy (non-hydrogen) atoms. The van der Waals surface area contributed by atoms with E-state index in [1.54, 1.807) is 17.5 Å². The Morgan fingerprint density at radius 3 is 2.84 bits per heavy atom. The van der Waals surface area contributed by atoms with E-state index in [1.165, 1.54) is 0 Å². The zero-order chi connectivity index (χ0) is 17.6. The van der Waals surface area contributed by atoms with E-state index in [1.807, 2.05) is 48.7 Å². The average Bonchev–Trinajstić information content (AvgIpc) is 3.16. The number of aromatic nitrogens is 1. The second kappa shape index (κ2) is 8.28. The Morgan fingerprint density at radius 2 is 2.08 bits per heavy atom. The molecular weight excluding hydrogens is 352 g/mol. The maximum absolute atomic E-state index is 12.1. The Hall–Kier alpha value is -2.17. The molecule has 3 rings (SSSR count). The van der Waals surface area contributed by atoms with Crippen LogP contribution in [-0.2, 0) is 17.8 Å². The lowest BCUT2D eigenvalue weighted by molar-refractivity contribution is -0.121. The minimum atomic E-state index is 0.0431. The van der Waals surface area contributed by atoms with Crippen LogP contribution in [0.1, 0.15) is 23.1 Å². The van der Waals surface area contributed by atoms with Gasteiger partial charge in [-0.1, -0.05) is 23.7 Å². The van der Waals surface area contributed by atoms with Crippen LogP contribution in [0.5, 0.6) is 0 Å². The minimum absolute atomic E-state index is 0.0431. The van der Waals surface area contributed by atoms with Crippen LogP contribution < -0.4 is 5.32 Å². The molecule has 1 amide bonds. The first-order valence-corrected chi connectivity index (χ1v) is 9.43. The highest BCUT2D eigenvalue weighted by atomic mass is 35.5. The molecule has 0 aliphatic carbocycles. The summed E-state index contributed by atoms with van der Waals surface area (Å²) in [6.07, 6.45) is 2.95. The van der Waals surface area contributed by atoms with E-state index in [9.17, 15) is 4.79 Å². The number of nitrogens with one attached hydrogen (secondary N) is 1. The molecule has 3 nitrogen and oxygen atoms in total. The smallest absolute Gasteiger partial charge is 0.220 e. The van der Waals surface area contributed by atoms with Gasteiger partial charge in [0.05, 0.1) is 5.69 Å². The number of hydrogen-bond donors (Lipinski definition) is 1. The van der Waals surface area contributed by atoms with Crippen molar-refractivity contribution in [1.82, 2.24) is 10.3 Å². The third-order valence-electron chi connectivity index (χ3n) is 3.99. The summed E-state index contributed by atoms with van der Waals surface area (Å²) in [5.74, 6) is 0.0431. The number of aryl methyl sites for hydroxylation is 2. The molecular formula is C20H19ClN2OS. The van der Waals surface area contributed by atoms with Crippen LogP contribution in [0, 0.1) is 6.92 Å². The van der Waals surface area contributed by atoms with E-state index >= 15 is 0 Å². The number of rotatable bonds is 6. The van der Waals surface area contributed by atoms with Crippen molar-refractivity contribution in [3.05, 3.63) is 75.1 Å². The Kier molecular flexibility index (Phi) is 5.84. The minimum Gasteiger partial charge on any atom is -0.352 e. The highest BCUT2D eigenvalue weighted by Gasteiger charge is 2.05. The summed E-state index contributed by atoms with van der Waals surface area (Å²) in [7, 11) is 0. The summed E-state index contributed by atoms with van der Waals surface area (Å²) >= 11 is 7.67. The molecule has 0 bridgehead atoms. The molecule has 2 heterocycles. The molecule has 5 heteroatoms. The Balaban J connectivity index is 1.52. The standard InChI is InChI=1S/C20H19ClN2OS/c1-14-10-15(2-4-18(14)21)3-5-20(24)23-12-16-6-8-22-19(11-16)17-7-9-25-13-17/h2,4,6-11,13H,3,5,12H2,1H3,(H,23,24). The lowest BCUT2D eigenvalue weighted by atomic mass is 10.1. The largest absolute Gasteiger partial charge is 0.352 e. The van der Waals surface area contributed by atoms with E-state index in [0.29, 0.717) is 19.4 Å². The van der Waals surface area contributed by atoms with Gasteiger partial charge in [-0.15, -0.1) is 0 Å². The van der Waals surface area contributed by atoms with E-state index in [4.69, 9.17) is 11.6 Å². The van der Waals surface area contributed by atoms with Crippen LogP contribution in [-0.4, -0.2) is 10.9 Å². The molecule has 0 aliphatic heterocycles. The fraction of sp³-hybridized carbons (Fsp3) is 0.200. The monoisotopic (exact) mass is 370 g/mol. The third-order valence-corrected chi connectivity index (χ3v) is 5.10. The molecule has 3 aromatic rings. The van der Waals surface area contributed by atoms with E-state index < -0.39 is 0 Å². The number of amides is 1. The zero-order valence-electron chi connectivity index (χ0n) is 14.0. The SMILES string of the molecule is Cc1cc(CCC(=O)NCc2ccnc(-c3ccsc3)c2)ccc1Cl. The number of halogens is 1. The second-order valence-electron chi connectivity index (χ2n) is 5.92. The number of carbonyl (C=O) groups is 1. The summed E-state index contributed by atoms with van der Waals surface area (Å²) in [5, 5.41) is 7.83. The quantitative estimate of drug-likeness (QED) is 0.661. The van der Waals surface area contributed by atoms with E-state index in [0.717, 1.165) is 33.0 Å². The number of nitrogens with zero attached hydrogens (tertiary/aromatic N) is 1. The Morgan fingerprint density at radius 1 is 1.20 bits per heavy atom. The van der Waals surface area contributed by atoms with Gasteiger partial charge in [0.15, 0.2) is 0 Å². The maximum atomic E-state index is 12.1. The van der Waals surface area contributed by atoms with Crippen molar-refractivity contribution in [2.75, 3.05) is 0 Å². The van der Waals surface area contributed by atoms with Crippen molar-refractivity contribution in [1.29, 1.82) is 0 Å². The molecule has 0 radical (unpaired) electrons. The predicted octanol–water partition coefficient (Wildman–Crippen LogP) is 5.02. The lowest BCUT2D eigenvalue weighted by Crippen LogP contribution is -2.23. The molecule has 2 aromatic heterocycles. The van der Waals surface area contributed by atoms with Crippen LogP contribution in [0.15, 0.2) is 53.4 Å². The predicted molar refractivity (Wildman–Crippen MR) is 104 cm³/mol. The molecule has 0 atom stereocenters. The van der Waals surface area contributed by atoms with E-state index in [2.05, 4.69) is 15.7 Å². The van der Waals surface area contributed by atoms with Crippen molar-refractivity contribution < 1.29 is 4.79 Å². The molecule has 0 aliphatic rings. The van der Waals surface area contributed by atoms with Crippen LogP contribution in [0.25, 0.3) is 11.3 Å². The molecule has 1 N–H and O–H groups in total. The Bertz CT molecular complexity index is 862. The van der Waals surface area contributed by atoms with Gasteiger partial charge in [-0.2, -0.15) is 11.3 Å². The molecule has 0 saturated heterocycles.